The molecule has 0 heterocycles. The van der Waals surface area contributed by atoms with Crippen LogP contribution in [0.1, 0.15) is 46.5 Å². The summed E-state index contributed by atoms with van der Waals surface area (Å²) in [5.41, 5.74) is 0. The molecule has 1 saturated carbocycles. The molecule has 0 bridgehead atoms. The highest BCUT2D eigenvalue weighted by Gasteiger charge is 2.43. The van der Waals surface area contributed by atoms with Gasteiger partial charge in [0, 0.05) is 5.92 Å². The monoisotopic (exact) mass is 438 g/mol. The molecule has 0 aliphatic heterocycles. The molecule has 1 aromatic rings. The highest BCUT2D eigenvalue weighted by molar-refractivity contribution is 6.74. The molecule has 0 unspecified atom stereocenters. The normalized spacial score (nSPS) is 25.8. The van der Waals surface area contributed by atoms with Gasteiger partial charge in [0.1, 0.15) is 12.4 Å². The Morgan fingerprint density at radius 2 is 1.73 bits per heavy atom. The van der Waals surface area contributed by atoms with Gasteiger partial charge in [0.05, 0.1) is 24.7 Å². The third kappa shape index (κ3) is 6.80. The van der Waals surface area contributed by atoms with Gasteiger partial charge in [0.25, 0.3) is 0 Å². The maximum absolute atomic E-state index is 11.2. The van der Waals surface area contributed by atoms with Gasteiger partial charge in [0.15, 0.2) is 8.32 Å². The highest BCUT2D eigenvalue weighted by atomic mass is 28.4. The molecule has 7 heteroatoms. The fourth-order valence-electron chi connectivity index (χ4n) is 3.92. The molecule has 0 aromatic heterocycles. The molecule has 3 N–H and O–H groups in total. The summed E-state index contributed by atoms with van der Waals surface area (Å²) in [4.78, 5) is 11.2. The van der Waals surface area contributed by atoms with E-state index in [1.807, 2.05) is 30.3 Å². The second-order valence-electron chi connectivity index (χ2n) is 10.00. The van der Waals surface area contributed by atoms with Gasteiger partial charge in [-0.2, -0.15) is 0 Å². The predicted molar refractivity (Wildman–Crippen MR) is 119 cm³/mol. The second-order valence-corrected chi connectivity index (χ2v) is 14.8. The molecule has 30 heavy (non-hydrogen) atoms. The van der Waals surface area contributed by atoms with Gasteiger partial charge in [-0.1, -0.05) is 39.0 Å². The van der Waals surface area contributed by atoms with E-state index < -0.39 is 32.4 Å². The smallest absolute Gasteiger partial charge is 0.303 e. The zero-order chi connectivity index (χ0) is 22.5. The van der Waals surface area contributed by atoms with E-state index in [-0.39, 0.29) is 29.9 Å². The van der Waals surface area contributed by atoms with Crippen LogP contribution in [0.25, 0.3) is 0 Å². The maximum Gasteiger partial charge on any atom is 0.303 e. The van der Waals surface area contributed by atoms with Gasteiger partial charge in [-0.25, -0.2) is 0 Å². The summed E-state index contributed by atoms with van der Waals surface area (Å²) in [6.07, 6.45) is -0.290. The number of benzene rings is 1. The first kappa shape index (κ1) is 24.9. The quantitative estimate of drug-likeness (QED) is 0.477. The van der Waals surface area contributed by atoms with E-state index >= 15 is 0 Å². The van der Waals surface area contributed by atoms with E-state index in [1.165, 1.54) is 0 Å². The van der Waals surface area contributed by atoms with Crippen LogP contribution < -0.4 is 4.74 Å². The molecule has 1 aliphatic carbocycles. The number of rotatable bonds is 10. The highest BCUT2D eigenvalue weighted by Crippen LogP contribution is 2.40. The summed E-state index contributed by atoms with van der Waals surface area (Å²) in [5.74, 6) is -0.847. The van der Waals surface area contributed by atoms with Crippen molar-refractivity contribution in [2.24, 2.45) is 11.8 Å². The van der Waals surface area contributed by atoms with E-state index in [9.17, 15) is 20.1 Å². The van der Waals surface area contributed by atoms with Gasteiger partial charge in [-0.15, -0.1) is 0 Å². The zero-order valence-electron chi connectivity index (χ0n) is 18.9. The lowest BCUT2D eigenvalue weighted by Crippen LogP contribution is -2.45. The molecule has 0 spiro atoms. The number of aliphatic carboxylic acids is 1. The Kier molecular flexibility index (Phi) is 8.50. The average Bonchev–Trinajstić information content (AvgIpc) is 2.89. The molecule has 0 radical (unpaired) electrons. The Labute approximate surface area is 181 Å². The van der Waals surface area contributed by atoms with E-state index in [2.05, 4.69) is 33.9 Å². The lowest BCUT2D eigenvalue weighted by Gasteiger charge is -2.39. The van der Waals surface area contributed by atoms with Gasteiger partial charge >= 0.3 is 5.97 Å². The number of hydrogen-bond donors (Lipinski definition) is 3. The Bertz CT molecular complexity index is 672. The number of para-hydroxylation sites is 1. The minimum absolute atomic E-state index is 0.0485. The van der Waals surface area contributed by atoms with Gasteiger partial charge in [0.2, 0.25) is 0 Å². The molecule has 1 aromatic carbocycles. The lowest BCUT2D eigenvalue weighted by atomic mass is 9.86. The SMILES string of the molecule is CC(C)(C)[Si](C)(C)O[C@@H](CC[C@@H]1[C@@H](CC(=O)O)[C@@H](O)C[C@H]1O)COc1ccccc1. The van der Waals surface area contributed by atoms with Gasteiger partial charge < -0.3 is 24.5 Å². The van der Waals surface area contributed by atoms with Gasteiger partial charge in [-0.05, 0) is 55.4 Å². The van der Waals surface area contributed by atoms with Crippen molar-refractivity contribution in [3.05, 3.63) is 30.3 Å². The number of hydrogen-bond acceptors (Lipinski definition) is 5. The summed E-state index contributed by atoms with van der Waals surface area (Å²) in [6, 6.07) is 9.59. The van der Waals surface area contributed by atoms with Crippen LogP contribution >= 0.6 is 0 Å². The average molecular weight is 439 g/mol. The molecule has 5 atom stereocenters. The zero-order valence-corrected chi connectivity index (χ0v) is 19.9. The fraction of sp³-hybridized carbons (Fsp3) is 0.696. The minimum Gasteiger partial charge on any atom is -0.491 e. The van der Waals surface area contributed by atoms with Crippen molar-refractivity contribution in [3.8, 4) is 5.75 Å². The van der Waals surface area contributed by atoms with E-state index in [0.717, 1.165) is 5.75 Å². The summed E-state index contributed by atoms with van der Waals surface area (Å²) >= 11 is 0. The van der Waals surface area contributed by atoms with Crippen LogP contribution in [0.5, 0.6) is 5.75 Å². The maximum atomic E-state index is 11.2. The summed E-state index contributed by atoms with van der Waals surface area (Å²) in [6.45, 7) is 11.4. The molecule has 170 valence electrons. The Hall–Kier alpha value is -1.41. The van der Waals surface area contributed by atoms with Gasteiger partial charge in [-0.3, -0.25) is 4.79 Å². The molecule has 1 aliphatic rings. The van der Waals surface area contributed by atoms with Crippen LogP contribution in [0.15, 0.2) is 30.3 Å². The molecule has 6 nitrogen and oxygen atoms in total. The number of aliphatic hydroxyl groups excluding tert-OH is 2. The topological polar surface area (TPSA) is 96.2 Å². The Morgan fingerprint density at radius 3 is 2.30 bits per heavy atom. The van der Waals surface area contributed by atoms with Crippen LogP contribution in [0.2, 0.25) is 18.1 Å². The molecule has 2 rings (SSSR count). The number of ether oxygens (including phenoxy) is 1. The van der Waals surface area contributed by atoms with Crippen molar-refractivity contribution < 1.29 is 29.3 Å². The second kappa shape index (κ2) is 10.3. The fourth-order valence-corrected chi connectivity index (χ4v) is 5.29. The first-order chi connectivity index (χ1) is 13.9. The Balaban J connectivity index is 2.08. The summed E-state index contributed by atoms with van der Waals surface area (Å²) in [5, 5.41) is 29.9. The largest absolute Gasteiger partial charge is 0.491 e. The lowest BCUT2D eigenvalue weighted by molar-refractivity contribution is -0.139. The third-order valence-electron chi connectivity index (χ3n) is 6.70. The number of aliphatic hydroxyl groups is 2. The van der Waals surface area contributed by atoms with Crippen LogP contribution in [-0.4, -0.2) is 54.5 Å². The van der Waals surface area contributed by atoms with Crippen molar-refractivity contribution in [1.82, 2.24) is 0 Å². The minimum atomic E-state index is -2.04. The van der Waals surface area contributed by atoms with E-state index in [1.54, 1.807) is 0 Å². The number of carboxylic acids is 1. The predicted octanol–water partition coefficient (Wildman–Crippen LogP) is 4.07. The van der Waals surface area contributed by atoms with Crippen molar-refractivity contribution in [2.45, 2.75) is 82.9 Å². The Morgan fingerprint density at radius 1 is 1.13 bits per heavy atom. The van der Waals surface area contributed by atoms with E-state index in [4.69, 9.17) is 9.16 Å². The first-order valence-electron chi connectivity index (χ1n) is 10.8. The van der Waals surface area contributed by atoms with Crippen molar-refractivity contribution >= 4 is 14.3 Å². The summed E-state index contributed by atoms with van der Waals surface area (Å²) < 4.78 is 12.6. The molecular formula is C23H38O6Si. The number of carboxylic acid groups (broad SMARTS) is 1. The van der Waals surface area contributed by atoms with Crippen LogP contribution in [-0.2, 0) is 9.22 Å². The van der Waals surface area contributed by atoms with Crippen LogP contribution in [0.4, 0.5) is 0 Å². The van der Waals surface area contributed by atoms with Crippen LogP contribution in [0.3, 0.4) is 0 Å². The van der Waals surface area contributed by atoms with Crippen molar-refractivity contribution in [2.75, 3.05) is 6.61 Å². The van der Waals surface area contributed by atoms with Crippen molar-refractivity contribution in [1.29, 1.82) is 0 Å². The molecular weight excluding hydrogens is 400 g/mol. The number of carbonyl (C=O) groups is 1. The third-order valence-corrected chi connectivity index (χ3v) is 11.2. The standard InChI is InChI=1S/C23H38O6Si/c1-23(2,3)30(4,5)29-17(15-28-16-9-7-6-8-10-16)11-12-18-19(13-22(26)27)21(25)14-20(18)24/h6-10,17-21,24-25H,11-15H2,1-5H3,(H,26,27)/t17-,18+,19+,20+,21-/m0/s1. The summed E-state index contributed by atoms with van der Waals surface area (Å²) in [7, 11) is -2.04. The molecule has 1 fully saturated rings. The van der Waals surface area contributed by atoms with E-state index in [0.29, 0.717) is 19.4 Å². The van der Waals surface area contributed by atoms with Crippen molar-refractivity contribution in [3.63, 3.8) is 0 Å². The molecule has 0 saturated heterocycles. The molecule has 0 amide bonds. The van der Waals surface area contributed by atoms with Crippen LogP contribution in [0, 0.1) is 11.8 Å². The first-order valence-corrected chi connectivity index (χ1v) is 13.7.